The molecule has 0 atom stereocenters. The molecule has 27 heteroatoms. The summed E-state index contributed by atoms with van der Waals surface area (Å²) in [6.07, 6.45) is 1.72. The molecule has 2 aliphatic heterocycles. The highest BCUT2D eigenvalue weighted by Gasteiger charge is 2.30. The van der Waals surface area contributed by atoms with Gasteiger partial charge >= 0.3 is 6.09 Å². The second kappa shape index (κ2) is 37.9. The predicted molar refractivity (Wildman–Crippen MR) is 255 cm³/mol. The number of alkyl carbamates (subject to hydrolysis) is 1. The highest BCUT2D eigenvalue weighted by atomic mass is 32.2. The summed E-state index contributed by atoms with van der Waals surface area (Å²) in [5.74, 6) is -1.45. The van der Waals surface area contributed by atoms with E-state index >= 15 is 0 Å². The first-order valence-corrected chi connectivity index (χ1v) is 25.2. The lowest BCUT2D eigenvalue weighted by Crippen LogP contribution is -2.40. The third-order valence-electron chi connectivity index (χ3n) is 9.65. The van der Waals surface area contributed by atoms with Crippen molar-refractivity contribution in [3.8, 4) is 0 Å². The van der Waals surface area contributed by atoms with E-state index in [-0.39, 0.29) is 106 Å². The van der Waals surface area contributed by atoms with Gasteiger partial charge in [-0.3, -0.25) is 33.5 Å². The van der Waals surface area contributed by atoms with Crippen LogP contribution in [0.2, 0.25) is 0 Å². The first-order valence-electron chi connectivity index (χ1n) is 23.8. The fourth-order valence-corrected chi connectivity index (χ4v) is 6.65. The van der Waals surface area contributed by atoms with Crippen molar-refractivity contribution in [3.63, 3.8) is 0 Å². The van der Waals surface area contributed by atoms with Crippen LogP contribution in [0.4, 0.5) is 10.5 Å². The lowest BCUT2D eigenvalue weighted by Gasteiger charge is -2.22. The highest BCUT2D eigenvalue weighted by molar-refractivity contribution is 7.85. The van der Waals surface area contributed by atoms with Gasteiger partial charge in [-0.2, -0.15) is 8.42 Å². The molecule has 1 aromatic rings. The Labute approximate surface area is 420 Å². The van der Waals surface area contributed by atoms with Crippen molar-refractivity contribution in [3.05, 3.63) is 29.3 Å². The Morgan fingerprint density at radius 2 is 1.11 bits per heavy atom. The first-order chi connectivity index (χ1) is 34.9. The number of aliphatic imine (C=N–C) groups is 1. The minimum atomic E-state index is -4.46. The largest absolute Gasteiger partial charge is 0.447 e. The smallest absolute Gasteiger partial charge is 0.407 e. The third kappa shape index (κ3) is 27.9. The maximum atomic E-state index is 13.4. The number of amides is 5. The van der Waals surface area contributed by atoms with Crippen molar-refractivity contribution in [1.82, 2.24) is 20.6 Å². The number of carbonyl (C=O) groups excluding carboxylic acids is 5. The summed E-state index contributed by atoms with van der Waals surface area (Å²) in [4.78, 5) is 70.8. The molecule has 0 unspecified atom stereocenters. The maximum Gasteiger partial charge on any atom is 0.407 e. The number of ether oxygens (including phenoxy) is 11. The van der Waals surface area contributed by atoms with E-state index < -0.39 is 28.0 Å². The van der Waals surface area contributed by atoms with E-state index in [1.807, 2.05) is 6.92 Å². The Balaban J connectivity index is 0.991. The number of likely N-dealkylation sites (tertiary alicyclic amines) is 1. The van der Waals surface area contributed by atoms with Gasteiger partial charge in [0.25, 0.3) is 16.0 Å². The molecule has 72 heavy (non-hydrogen) atoms. The molecular formula is C45H72N6O20S. The van der Waals surface area contributed by atoms with Gasteiger partial charge in [0.1, 0.15) is 19.0 Å². The number of hydrogen-bond donors (Lipinski definition) is 4. The second-order valence-corrected chi connectivity index (χ2v) is 16.7. The number of nitrogens with two attached hydrogens (primary N) is 1. The minimum absolute atomic E-state index is 0.0143. The van der Waals surface area contributed by atoms with Gasteiger partial charge in [0, 0.05) is 50.0 Å². The maximum absolute atomic E-state index is 13.4. The van der Waals surface area contributed by atoms with Crippen LogP contribution < -0.4 is 16.4 Å². The number of hydroxylamine groups is 2. The molecule has 0 aliphatic carbocycles. The van der Waals surface area contributed by atoms with Gasteiger partial charge in [0.2, 0.25) is 17.7 Å². The number of benzene rings is 1. The quantitative estimate of drug-likeness (QED) is 0.0290. The van der Waals surface area contributed by atoms with E-state index in [2.05, 4.69) is 15.6 Å². The number of imide groups is 1. The van der Waals surface area contributed by atoms with Crippen LogP contribution in [0.3, 0.4) is 0 Å². The minimum Gasteiger partial charge on any atom is -0.447 e. The standard InChI is InChI=1S/C45H72N6O20S/c1-2-9-51(44(55)37-32-36-3-4-38(72(57,58)59)34-39(36)49-40(46)33-37)71-11-8-48-45(56)70-31-30-69-29-28-68-27-26-67-25-24-66-23-22-65-21-20-64-19-18-63-17-16-62-15-14-61-13-12-60-10-7-47-41(52)35-50-42(53)5-6-43(50)54/h3-4,32,34H,2,5-31,33,35H2,1H3,(H2,46,49)(H,47,52)(H,48,56)(H,57,58,59). The van der Waals surface area contributed by atoms with E-state index in [1.54, 1.807) is 0 Å². The average Bonchev–Trinajstić information content (AvgIpc) is 3.55. The van der Waals surface area contributed by atoms with Crippen LogP contribution in [0.5, 0.6) is 0 Å². The molecule has 1 saturated heterocycles. The molecule has 1 fully saturated rings. The number of nitrogens with zero attached hydrogens (tertiary/aromatic N) is 3. The number of amidine groups is 1. The lowest BCUT2D eigenvalue weighted by atomic mass is 10.1. The van der Waals surface area contributed by atoms with Gasteiger partial charge in [-0.25, -0.2) is 14.9 Å². The zero-order chi connectivity index (χ0) is 52.1. The molecular weight excluding hydrogens is 977 g/mol. The highest BCUT2D eigenvalue weighted by Crippen LogP contribution is 2.29. The zero-order valence-electron chi connectivity index (χ0n) is 41.1. The molecule has 26 nitrogen and oxygen atoms in total. The molecule has 5 N–H and O–H groups in total. The van der Waals surface area contributed by atoms with E-state index in [9.17, 15) is 36.9 Å². The van der Waals surface area contributed by atoms with E-state index in [0.29, 0.717) is 131 Å². The number of hydrogen-bond acceptors (Lipinski definition) is 21. The molecule has 408 valence electrons. The summed E-state index contributed by atoms with van der Waals surface area (Å²) in [6.45, 7) is 9.83. The summed E-state index contributed by atoms with van der Waals surface area (Å²) < 4.78 is 92.1. The van der Waals surface area contributed by atoms with Gasteiger partial charge in [-0.1, -0.05) is 13.0 Å². The van der Waals surface area contributed by atoms with Crippen molar-refractivity contribution in [2.45, 2.75) is 37.5 Å². The molecule has 0 radical (unpaired) electrons. The SMILES string of the molecule is CCCN(OCCNC(=O)OCCOCCOCCOCCOCCOCCOCCOCCOCCOCCOCCNC(=O)CN1C(=O)CCC1=O)C(=O)C1=Cc2ccc(S(=O)(=O)O)cc2N=C(N)C1. The predicted octanol–water partition coefficient (Wildman–Crippen LogP) is 0.0367. The van der Waals surface area contributed by atoms with Gasteiger partial charge in [0.05, 0.1) is 149 Å². The molecule has 0 aromatic heterocycles. The fraction of sp³-hybridized carbons (Fsp3) is 0.689. The molecule has 5 amide bonds. The Morgan fingerprint density at radius 3 is 1.57 bits per heavy atom. The van der Waals surface area contributed by atoms with Crippen LogP contribution in [-0.4, -0.2) is 230 Å². The molecule has 0 saturated carbocycles. The van der Waals surface area contributed by atoms with Gasteiger partial charge in [-0.15, -0.1) is 0 Å². The number of rotatable bonds is 43. The number of carbonyl (C=O) groups is 5. The third-order valence-corrected chi connectivity index (χ3v) is 10.5. The Morgan fingerprint density at radius 1 is 0.667 bits per heavy atom. The van der Waals surface area contributed by atoms with Crippen LogP contribution in [0, 0.1) is 0 Å². The molecule has 3 rings (SSSR count). The van der Waals surface area contributed by atoms with E-state index in [0.717, 1.165) is 9.96 Å². The summed E-state index contributed by atoms with van der Waals surface area (Å²) in [5, 5.41) is 6.32. The Kier molecular flexibility index (Phi) is 32.4. The van der Waals surface area contributed by atoms with Crippen LogP contribution in [-0.2, 0) is 86.2 Å². The van der Waals surface area contributed by atoms with Crippen molar-refractivity contribution in [2.75, 3.05) is 172 Å². The molecule has 2 heterocycles. The van der Waals surface area contributed by atoms with Crippen LogP contribution in [0.1, 0.15) is 38.2 Å². The van der Waals surface area contributed by atoms with Gasteiger partial charge in [0.15, 0.2) is 0 Å². The normalized spacial score (nSPS) is 13.7. The zero-order valence-corrected chi connectivity index (χ0v) is 41.9. The molecule has 2 aliphatic rings. The van der Waals surface area contributed by atoms with Crippen molar-refractivity contribution >= 4 is 57.4 Å². The fourth-order valence-electron chi connectivity index (χ4n) is 6.15. The van der Waals surface area contributed by atoms with Crippen LogP contribution >= 0.6 is 0 Å². The molecule has 1 aromatic carbocycles. The van der Waals surface area contributed by atoms with Crippen molar-refractivity contribution in [2.24, 2.45) is 10.7 Å². The summed E-state index contributed by atoms with van der Waals surface area (Å²) >= 11 is 0. The monoisotopic (exact) mass is 1050 g/mol. The second-order valence-electron chi connectivity index (χ2n) is 15.3. The summed E-state index contributed by atoms with van der Waals surface area (Å²) in [6, 6.07) is 3.79. The number of fused-ring (bicyclic) bond motifs is 1. The lowest BCUT2D eigenvalue weighted by molar-refractivity contribution is -0.181. The van der Waals surface area contributed by atoms with Crippen LogP contribution in [0.15, 0.2) is 33.7 Å². The number of nitrogens with one attached hydrogen (secondary N) is 2. The molecule has 0 spiro atoms. The summed E-state index contributed by atoms with van der Waals surface area (Å²) in [7, 11) is -4.46. The van der Waals surface area contributed by atoms with E-state index in [1.165, 1.54) is 24.3 Å². The summed E-state index contributed by atoms with van der Waals surface area (Å²) in [5.41, 5.74) is 6.89. The van der Waals surface area contributed by atoms with E-state index in [4.69, 9.17) is 62.7 Å². The Bertz CT molecular complexity index is 1930. The first kappa shape index (κ1) is 61.5. The topological polar surface area (TPSA) is 319 Å². The average molecular weight is 1050 g/mol. The molecule has 0 bridgehead atoms. The van der Waals surface area contributed by atoms with Crippen molar-refractivity contribution in [1.29, 1.82) is 0 Å². The van der Waals surface area contributed by atoms with Gasteiger partial charge in [-0.05, 0) is 24.6 Å². The van der Waals surface area contributed by atoms with Crippen LogP contribution in [0.25, 0.3) is 6.08 Å². The van der Waals surface area contributed by atoms with Gasteiger partial charge < -0.3 is 68.5 Å². The Hall–Kier alpha value is -4.75. The van der Waals surface area contributed by atoms with Crippen molar-refractivity contribution < 1.29 is 93.9 Å².